The van der Waals surface area contributed by atoms with Crippen LogP contribution < -0.4 is 0 Å². The van der Waals surface area contributed by atoms with Gasteiger partial charge in [0.2, 0.25) is 0 Å². The Bertz CT molecular complexity index is 150. The molecular formula is C9H16O3. The first-order chi connectivity index (χ1) is 5.75. The maximum absolute atomic E-state index is 11.4. The summed E-state index contributed by atoms with van der Waals surface area (Å²) in [6.07, 6.45) is 1.54. The number of hydrogen-bond acceptors (Lipinski definition) is 3. The van der Waals surface area contributed by atoms with Gasteiger partial charge in [0.1, 0.15) is 6.10 Å². The van der Waals surface area contributed by atoms with Gasteiger partial charge in [-0.3, -0.25) is 4.79 Å². The molecule has 1 N–H and O–H groups in total. The highest BCUT2D eigenvalue weighted by Gasteiger charge is 2.25. The Morgan fingerprint density at radius 2 is 2.50 bits per heavy atom. The first-order valence-electron chi connectivity index (χ1n) is 4.55. The average molecular weight is 172 g/mol. The van der Waals surface area contributed by atoms with Gasteiger partial charge in [0.05, 0.1) is 6.61 Å². The summed E-state index contributed by atoms with van der Waals surface area (Å²) in [5.41, 5.74) is 0. The van der Waals surface area contributed by atoms with E-state index in [0.29, 0.717) is 13.0 Å². The monoisotopic (exact) mass is 172 g/mol. The summed E-state index contributed by atoms with van der Waals surface area (Å²) in [6.45, 7) is 3.06. The lowest BCUT2D eigenvalue weighted by Gasteiger charge is -2.22. The Kier molecular flexibility index (Phi) is 3.69. The zero-order valence-corrected chi connectivity index (χ0v) is 7.45. The maximum Gasteiger partial charge on any atom is 0.166 e. The SMILES string of the molecule is CCC(O)C(=O)C1CCCOC1. The van der Waals surface area contributed by atoms with E-state index in [1.165, 1.54) is 0 Å². The van der Waals surface area contributed by atoms with Crippen molar-refractivity contribution in [3.8, 4) is 0 Å². The Hall–Kier alpha value is -0.410. The van der Waals surface area contributed by atoms with Crippen LogP contribution in [0.4, 0.5) is 0 Å². The third-order valence-electron chi connectivity index (χ3n) is 2.28. The van der Waals surface area contributed by atoms with Gasteiger partial charge >= 0.3 is 0 Å². The average Bonchev–Trinajstić information content (AvgIpc) is 2.17. The summed E-state index contributed by atoms with van der Waals surface area (Å²) in [5.74, 6) is -0.106. The minimum Gasteiger partial charge on any atom is -0.385 e. The van der Waals surface area contributed by atoms with Crippen molar-refractivity contribution in [1.82, 2.24) is 0 Å². The van der Waals surface area contributed by atoms with Crippen molar-refractivity contribution < 1.29 is 14.6 Å². The summed E-state index contributed by atoms with van der Waals surface area (Å²) in [4.78, 5) is 11.4. The number of ether oxygens (including phenoxy) is 1. The van der Waals surface area contributed by atoms with Gasteiger partial charge in [0.25, 0.3) is 0 Å². The molecule has 0 aromatic rings. The summed E-state index contributed by atoms with van der Waals surface area (Å²) < 4.78 is 5.17. The van der Waals surface area contributed by atoms with Crippen LogP contribution >= 0.6 is 0 Å². The molecule has 2 unspecified atom stereocenters. The molecule has 1 aliphatic rings. The maximum atomic E-state index is 11.4. The Balaban J connectivity index is 2.39. The lowest BCUT2D eigenvalue weighted by atomic mass is 9.93. The van der Waals surface area contributed by atoms with Crippen molar-refractivity contribution in [3.05, 3.63) is 0 Å². The van der Waals surface area contributed by atoms with E-state index in [1.54, 1.807) is 0 Å². The van der Waals surface area contributed by atoms with Crippen molar-refractivity contribution >= 4 is 5.78 Å². The van der Waals surface area contributed by atoms with E-state index in [1.807, 2.05) is 6.92 Å². The van der Waals surface area contributed by atoms with Crippen molar-refractivity contribution in [1.29, 1.82) is 0 Å². The number of rotatable bonds is 3. The topological polar surface area (TPSA) is 46.5 Å². The van der Waals surface area contributed by atoms with Gasteiger partial charge < -0.3 is 9.84 Å². The molecule has 1 heterocycles. The van der Waals surface area contributed by atoms with Crippen LogP contribution in [0.1, 0.15) is 26.2 Å². The Labute approximate surface area is 72.7 Å². The summed E-state index contributed by atoms with van der Waals surface area (Å²) >= 11 is 0. The highest BCUT2D eigenvalue weighted by molar-refractivity contribution is 5.85. The van der Waals surface area contributed by atoms with Crippen molar-refractivity contribution in [2.45, 2.75) is 32.3 Å². The molecule has 70 valence electrons. The second-order valence-corrected chi connectivity index (χ2v) is 3.24. The lowest BCUT2D eigenvalue weighted by molar-refractivity contribution is -0.135. The first kappa shape index (κ1) is 9.68. The van der Waals surface area contributed by atoms with Crippen molar-refractivity contribution in [3.63, 3.8) is 0 Å². The highest BCUT2D eigenvalue weighted by atomic mass is 16.5. The third kappa shape index (κ3) is 2.29. The fourth-order valence-corrected chi connectivity index (χ4v) is 1.44. The smallest absolute Gasteiger partial charge is 0.166 e. The number of hydrogen-bond donors (Lipinski definition) is 1. The molecule has 1 saturated heterocycles. The van der Waals surface area contributed by atoms with Crippen LogP contribution in [0, 0.1) is 5.92 Å². The molecule has 0 saturated carbocycles. The summed E-state index contributed by atoms with van der Waals surface area (Å²) in [7, 11) is 0. The minimum atomic E-state index is -0.781. The van der Waals surface area contributed by atoms with Crippen molar-refractivity contribution in [2.24, 2.45) is 5.92 Å². The number of carbonyl (C=O) groups excluding carboxylic acids is 1. The Morgan fingerprint density at radius 3 is 3.00 bits per heavy atom. The van der Waals surface area contributed by atoms with Crippen LogP contribution in [0.3, 0.4) is 0 Å². The van der Waals surface area contributed by atoms with Crippen LogP contribution in [0.15, 0.2) is 0 Å². The molecule has 0 aliphatic carbocycles. The third-order valence-corrected chi connectivity index (χ3v) is 2.28. The number of aliphatic hydroxyl groups is 1. The fourth-order valence-electron chi connectivity index (χ4n) is 1.44. The first-order valence-corrected chi connectivity index (χ1v) is 4.55. The number of aliphatic hydroxyl groups excluding tert-OH is 1. The largest absolute Gasteiger partial charge is 0.385 e. The van der Waals surface area contributed by atoms with E-state index in [2.05, 4.69) is 0 Å². The number of ketones is 1. The standard InChI is InChI=1S/C9H16O3/c1-2-8(10)9(11)7-4-3-5-12-6-7/h7-8,10H,2-6H2,1H3. The molecule has 0 amide bonds. The summed E-state index contributed by atoms with van der Waals surface area (Å²) in [5, 5.41) is 9.27. The molecule has 1 aliphatic heterocycles. The molecule has 2 atom stereocenters. The molecule has 0 bridgehead atoms. The van der Waals surface area contributed by atoms with E-state index in [-0.39, 0.29) is 11.7 Å². The van der Waals surface area contributed by atoms with Crippen LogP contribution in [0.25, 0.3) is 0 Å². The lowest BCUT2D eigenvalue weighted by Crippen LogP contribution is -2.33. The van der Waals surface area contributed by atoms with Crippen LogP contribution in [0.5, 0.6) is 0 Å². The summed E-state index contributed by atoms with van der Waals surface area (Å²) in [6, 6.07) is 0. The quantitative estimate of drug-likeness (QED) is 0.683. The molecule has 1 fully saturated rings. The highest BCUT2D eigenvalue weighted by Crippen LogP contribution is 2.16. The zero-order valence-electron chi connectivity index (χ0n) is 7.45. The predicted octanol–water partition coefficient (Wildman–Crippen LogP) is 0.753. The molecule has 3 heteroatoms. The molecule has 0 spiro atoms. The van der Waals surface area contributed by atoms with Gasteiger partial charge in [-0.1, -0.05) is 6.92 Å². The minimum absolute atomic E-state index is 0.0443. The zero-order chi connectivity index (χ0) is 8.97. The van der Waals surface area contributed by atoms with E-state index in [4.69, 9.17) is 4.74 Å². The van der Waals surface area contributed by atoms with E-state index in [0.717, 1.165) is 19.4 Å². The molecule has 0 aromatic carbocycles. The predicted molar refractivity (Wildman–Crippen MR) is 44.8 cm³/mol. The number of carbonyl (C=O) groups is 1. The van der Waals surface area contributed by atoms with Gasteiger partial charge in [-0.05, 0) is 19.3 Å². The second-order valence-electron chi connectivity index (χ2n) is 3.24. The van der Waals surface area contributed by atoms with Crippen LogP contribution in [0.2, 0.25) is 0 Å². The van der Waals surface area contributed by atoms with Gasteiger partial charge in [-0.15, -0.1) is 0 Å². The Morgan fingerprint density at radius 1 is 1.75 bits per heavy atom. The van der Waals surface area contributed by atoms with Gasteiger partial charge in [-0.2, -0.15) is 0 Å². The molecule has 0 aromatic heterocycles. The molecule has 1 rings (SSSR count). The van der Waals surface area contributed by atoms with Crippen molar-refractivity contribution in [2.75, 3.05) is 13.2 Å². The van der Waals surface area contributed by atoms with Gasteiger partial charge in [0, 0.05) is 12.5 Å². The molecule has 12 heavy (non-hydrogen) atoms. The van der Waals surface area contributed by atoms with Crippen LogP contribution in [-0.4, -0.2) is 30.2 Å². The molecule has 3 nitrogen and oxygen atoms in total. The fraction of sp³-hybridized carbons (Fsp3) is 0.889. The number of Topliss-reactive ketones (excluding diaryl/α,β-unsaturated/α-hetero) is 1. The van der Waals surface area contributed by atoms with E-state index < -0.39 is 6.10 Å². The van der Waals surface area contributed by atoms with E-state index >= 15 is 0 Å². The van der Waals surface area contributed by atoms with Gasteiger partial charge in [-0.25, -0.2) is 0 Å². The second kappa shape index (κ2) is 4.58. The normalized spacial score (nSPS) is 26.7. The van der Waals surface area contributed by atoms with Crippen LogP contribution in [-0.2, 0) is 9.53 Å². The molecule has 0 radical (unpaired) electrons. The van der Waals surface area contributed by atoms with E-state index in [9.17, 15) is 9.90 Å². The molecular weight excluding hydrogens is 156 g/mol. The van der Waals surface area contributed by atoms with Gasteiger partial charge in [0.15, 0.2) is 5.78 Å².